The van der Waals surface area contributed by atoms with Gasteiger partial charge in [0.25, 0.3) is 5.91 Å². The fourth-order valence-corrected chi connectivity index (χ4v) is 2.48. The van der Waals surface area contributed by atoms with E-state index < -0.39 is 24.0 Å². The molecular weight excluding hydrogens is 334 g/mol. The Kier molecular flexibility index (Phi) is 5.20. The molecule has 0 aromatic heterocycles. The summed E-state index contributed by atoms with van der Waals surface area (Å²) in [5, 5.41) is 12.0. The zero-order valence-electron chi connectivity index (χ0n) is 13.4. The topological polar surface area (TPSA) is 114 Å². The molecule has 1 aliphatic rings. The minimum atomic E-state index is -0.939. The third-order valence-electron chi connectivity index (χ3n) is 3.90. The SMILES string of the molecule is COc1cc(N)c(Cl)cc1C(=O)OCC(=O)N[C@](C)(C#N)C1CC1. The molecule has 0 aliphatic heterocycles. The molecule has 1 aromatic carbocycles. The number of rotatable bonds is 6. The van der Waals surface area contributed by atoms with E-state index in [1.165, 1.54) is 19.2 Å². The maximum absolute atomic E-state index is 12.1. The minimum absolute atomic E-state index is 0.0646. The molecule has 7 nitrogen and oxygen atoms in total. The number of nitrogens with zero attached hydrogens (tertiary/aromatic N) is 1. The van der Waals surface area contributed by atoms with Crippen LogP contribution in [0.15, 0.2) is 12.1 Å². The van der Waals surface area contributed by atoms with Gasteiger partial charge in [-0.1, -0.05) is 11.6 Å². The summed E-state index contributed by atoms with van der Waals surface area (Å²) in [4.78, 5) is 24.1. The molecule has 0 radical (unpaired) electrons. The monoisotopic (exact) mass is 351 g/mol. The summed E-state index contributed by atoms with van der Waals surface area (Å²) in [6, 6.07) is 4.82. The Labute approximate surface area is 144 Å². The number of ether oxygens (including phenoxy) is 2. The lowest BCUT2D eigenvalue weighted by Crippen LogP contribution is -2.48. The summed E-state index contributed by atoms with van der Waals surface area (Å²) in [5.41, 5.74) is 5.03. The molecule has 0 spiro atoms. The van der Waals surface area contributed by atoms with Crippen LogP contribution < -0.4 is 15.8 Å². The van der Waals surface area contributed by atoms with Gasteiger partial charge in [-0.05, 0) is 31.7 Å². The van der Waals surface area contributed by atoms with Crippen molar-refractivity contribution in [3.05, 3.63) is 22.7 Å². The van der Waals surface area contributed by atoms with Gasteiger partial charge in [-0.3, -0.25) is 4.79 Å². The summed E-state index contributed by atoms with van der Waals surface area (Å²) < 4.78 is 10.0. The number of nitrogens with one attached hydrogen (secondary N) is 1. The van der Waals surface area contributed by atoms with Gasteiger partial charge in [0.1, 0.15) is 16.9 Å². The second-order valence-electron chi connectivity index (χ2n) is 5.79. The summed E-state index contributed by atoms with van der Waals surface area (Å²) in [7, 11) is 1.38. The van der Waals surface area contributed by atoms with E-state index in [4.69, 9.17) is 26.8 Å². The van der Waals surface area contributed by atoms with E-state index in [-0.39, 0.29) is 27.9 Å². The van der Waals surface area contributed by atoms with E-state index in [1.807, 2.05) is 0 Å². The smallest absolute Gasteiger partial charge is 0.342 e. The molecule has 8 heteroatoms. The van der Waals surface area contributed by atoms with Gasteiger partial charge in [-0.15, -0.1) is 0 Å². The number of nitriles is 1. The first-order valence-electron chi connectivity index (χ1n) is 7.33. The van der Waals surface area contributed by atoms with Gasteiger partial charge in [-0.2, -0.15) is 5.26 Å². The average molecular weight is 352 g/mol. The van der Waals surface area contributed by atoms with Crippen LogP contribution in [0.1, 0.15) is 30.1 Å². The lowest BCUT2D eigenvalue weighted by Gasteiger charge is -2.22. The zero-order valence-corrected chi connectivity index (χ0v) is 14.1. The number of amides is 1. The van der Waals surface area contributed by atoms with Crippen LogP contribution in [0.5, 0.6) is 5.75 Å². The molecule has 2 rings (SSSR count). The lowest BCUT2D eigenvalue weighted by atomic mass is 9.98. The first-order valence-corrected chi connectivity index (χ1v) is 7.71. The standard InChI is InChI=1S/C16H18ClN3O4/c1-16(8-18,9-3-4-9)20-14(21)7-24-15(22)10-5-11(17)12(19)6-13(10)23-2/h5-6,9H,3-4,7,19H2,1-2H3,(H,20,21)/t16-/m1/s1. The van der Waals surface area contributed by atoms with Crippen molar-refractivity contribution in [3.63, 3.8) is 0 Å². The summed E-state index contributed by atoms with van der Waals surface area (Å²) in [5.74, 6) is -0.978. The third kappa shape index (κ3) is 3.89. The second-order valence-corrected chi connectivity index (χ2v) is 6.19. The molecule has 0 unspecified atom stereocenters. The van der Waals surface area contributed by atoms with Gasteiger partial charge in [0.05, 0.1) is 23.9 Å². The summed E-state index contributed by atoms with van der Waals surface area (Å²) in [6.45, 7) is 1.15. The Hall–Kier alpha value is -2.46. The number of anilines is 1. The third-order valence-corrected chi connectivity index (χ3v) is 4.23. The maximum atomic E-state index is 12.1. The number of benzene rings is 1. The van der Waals surface area contributed by atoms with Crippen LogP contribution in [0.25, 0.3) is 0 Å². The second kappa shape index (κ2) is 6.97. The molecule has 0 heterocycles. The molecule has 3 N–H and O–H groups in total. The number of hydrogen-bond donors (Lipinski definition) is 2. The minimum Gasteiger partial charge on any atom is -0.496 e. The van der Waals surface area contributed by atoms with E-state index in [2.05, 4.69) is 11.4 Å². The van der Waals surface area contributed by atoms with Crippen LogP contribution in [0.4, 0.5) is 5.69 Å². The summed E-state index contributed by atoms with van der Waals surface area (Å²) >= 11 is 5.89. The van der Waals surface area contributed by atoms with Gasteiger partial charge in [0.2, 0.25) is 0 Å². The van der Waals surface area contributed by atoms with E-state index in [1.54, 1.807) is 6.92 Å². The van der Waals surface area contributed by atoms with Crippen LogP contribution in [0.3, 0.4) is 0 Å². The number of methoxy groups -OCH3 is 1. The van der Waals surface area contributed by atoms with E-state index >= 15 is 0 Å². The highest BCUT2D eigenvalue weighted by atomic mass is 35.5. The number of hydrogen-bond acceptors (Lipinski definition) is 6. The van der Waals surface area contributed by atoms with Crippen molar-refractivity contribution in [1.29, 1.82) is 5.26 Å². The normalized spacial score (nSPS) is 15.8. The van der Waals surface area contributed by atoms with Gasteiger partial charge in [-0.25, -0.2) is 4.79 Å². The van der Waals surface area contributed by atoms with Crippen LogP contribution in [0.2, 0.25) is 5.02 Å². The van der Waals surface area contributed by atoms with Crippen LogP contribution in [0, 0.1) is 17.2 Å². The fraction of sp³-hybridized carbons (Fsp3) is 0.438. The molecule has 1 amide bonds. The molecule has 1 aromatic rings. The van der Waals surface area contributed by atoms with E-state index in [0.29, 0.717) is 0 Å². The zero-order chi connectivity index (χ0) is 17.9. The van der Waals surface area contributed by atoms with E-state index in [0.717, 1.165) is 12.8 Å². The number of carbonyl (C=O) groups excluding carboxylic acids is 2. The Morgan fingerprint density at radius 3 is 2.71 bits per heavy atom. The first-order chi connectivity index (χ1) is 11.3. The number of nitrogen functional groups attached to an aromatic ring is 1. The highest BCUT2D eigenvalue weighted by molar-refractivity contribution is 6.33. The Morgan fingerprint density at radius 1 is 1.50 bits per heavy atom. The lowest BCUT2D eigenvalue weighted by molar-refractivity contribution is -0.125. The predicted octanol–water partition coefficient (Wildman–Crippen LogP) is 1.90. The molecular formula is C16H18ClN3O4. The Bertz CT molecular complexity index is 712. The van der Waals surface area contributed by atoms with Crippen LogP contribution >= 0.6 is 11.6 Å². The highest BCUT2D eigenvalue weighted by Crippen LogP contribution is 2.39. The number of halogens is 1. The van der Waals surface area contributed by atoms with Gasteiger partial charge < -0.3 is 20.5 Å². The van der Waals surface area contributed by atoms with E-state index in [9.17, 15) is 14.9 Å². The average Bonchev–Trinajstić information content (AvgIpc) is 3.40. The largest absolute Gasteiger partial charge is 0.496 e. The van der Waals surface area contributed by atoms with Gasteiger partial charge >= 0.3 is 5.97 Å². The highest BCUT2D eigenvalue weighted by Gasteiger charge is 2.43. The Morgan fingerprint density at radius 2 is 2.17 bits per heavy atom. The fourth-order valence-electron chi connectivity index (χ4n) is 2.31. The van der Waals surface area contributed by atoms with Gasteiger partial charge in [0, 0.05) is 6.07 Å². The maximum Gasteiger partial charge on any atom is 0.342 e. The molecule has 24 heavy (non-hydrogen) atoms. The van der Waals surface area contributed by atoms with Crippen molar-refractivity contribution in [2.45, 2.75) is 25.3 Å². The summed E-state index contributed by atoms with van der Waals surface area (Å²) in [6.07, 6.45) is 1.79. The molecule has 1 saturated carbocycles. The number of carbonyl (C=O) groups is 2. The van der Waals surface area contributed by atoms with Crippen LogP contribution in [-0.4, -0.2) is 31.1 Å². The molecule has 128 valence electrons. The molecule has 1 fully saturated rings. The molecule has 1 atom stereocenters. The van der Waals surface area contributed by atoms with Crippen molar-refractivity contribution in [1.82, 2.24) is 5.32 Å². The molecule has 1 aliphatic carbocycles. The van der Waals surface area contributed by atoms with Gasteiger partial charge in [0.15, 0.2) is 6.61 Å². The van der Waals surface area contributed by atoms with Crippen molar-refractivity contribution in [2.24, 2.45) is 5.92 Å². The van der Waals surface area contributed by atoms with Crippen molar-refractivity contribution in [3.8, 4) is 11.8 Å². The first kappa shape index (κ1) is 17.9. The van der Waals surface area contributed by atoms with Crippen LogP contribution in [-0.2, 0) is 9.53 Å². The predicted molar refractivity (Wildman–Crippen MR) is 87.6 cm³/mol. The quantitative estimate of drug-likeness (QED) is 0.597. The van der Waals surface area contributed by atoms with Crippen molar-refractivity contribution < 1.29 is 19.1 Å². The number of nitrogens with two attached hydrogens (primary N) is 1. The Balaban J connectivity index is 1.99. The van der Waals surface area contributed by atoms with Crippen molar-refractivity contribution >= 4 is 29.2 Å². The number of esters is 1. The van der Waals surface area contributed by atoms with Crippen molar-refractivity contribution in [2.75, 3.05) is 19.5 Å². The molecule has 0 saturated heterocycles. The molecule has 0 bridgehead atoms.